The van der Waals surface area contributed by atoms with Gasteiger partial charge >= 0.3 is 5.97 Å². The van der Waals surface area contributed by atoms with E-state index in [0.717, 1.165) is 12.5 Å². The second-order valence-electron chi connectivity index (χ2n) is 1.01. The molecule has 0 saturated carbocycles. The smallest absolute Gasteiger partial charge is 0.307 e. The monoisotopic (exact) mass is 130 g/mol. The van der Waals surface area contributed by atoms with Crippen LogP contribution in [0.3, 0.4) is 0 Å². The number of carbonyl (C=O) groups excluding carboxylic acids is 2. The maximum Gasteiger partial charge on any atom is 0.307 e. The van der Waals surface area contributed by atoms with Crippen molar-refractivity contribution in [3.05, 3.63) is 12.8 Å². The molecule has 0 atom stereocenters. The Morgan fingerprint density at radius 1 is 1.67 bits per heavy atom. The molecule has 0 N–H and O–H groups in total. The number of carbonyl (C=O) groups is 2. The topological polar surface area (TPSA) is 43.4 Å². The summed E-state index contributed by atoms with van der Waals surface area (Å²) in [6.45, 7) is 5.92. The summed E-state index contributed by atoms with van der Waals surface area (Å²) in [4.78, 5) is 18.6. The van der Waals surface area contributed by atoms with Gasteiger partial charge in [0.05, 0.1) is 6.26 Å². The fourth-order valence-corrected chi connectivity index (χ4v) is 0.117. The van der Waals surface area contributed by atoms with E-state index in [0.29, 0.717) is 0 Å². The van der Waals surface area contributed by atoms with E-state index in [1.807, 2.05) is 0 Å². The van der Waals surface area contributed by atoms with Crippen LogP contribution in [0.2, 0.25) is 0 Å². The van der Waals surface area contributed by atoms with E-state index in [9.17, 15) is 4.79 Å². The van der Waals surface area contributed by atoms with Crippen molar-refractivity contribution in [2.24, 2.45) is 0 Å². The second kappa shape index (κ2) is 9.99. The lowest BCUT2D eigenvalue weighted by atomic mass is 10.8. The maximum atomic E-state index is 9.75. The zero-order chi connectivity index (χ0) is 7.70. The van der Waals surface area contributed by atoms with E-state index in [1.165, 1.54) is 13.8 Å². The first-order chi connectivity index (χ1) is 4.18. The standard InChI is InChI=1S/C4H6O2.C2H4O/c1-3-6-4(2)5;1-2-3/h3H,1H2,2H3;2H,1H3. The van der Waals surface area contributed by atoms with Crippen molar-refractivity contribution in [3.63, 3.8) is 0 Å². The number of esters is 1. The molecule has 0 aromatic carbocycles. The molecule has 0 aliphatic heterocycles. The van der Waals surface area contributed by atoms with Crippen molar-refractivity contribution < 1.29 is 14.3 Å². The minimum atomic E-state index is -0.329. The molecule has 0 aromatic rings. The van der Waals surface area contributed by atoms with Crippen molar-refractivity contribution in [2.45, 2.75) is 13.8 Å². The first-order valence-corrected chi connectivity index (χ1v) is 2.37. The van der Waals surface area contributed by atoms with Gasteiger partial charge in [-0.2, -0.15) is 0 Å². The van der Waals surface area contributed by atoms with E-state index in [4.69, 9.17) is 4.79 Å². The Bertz CT molecular complexity index is 96.5. The Kier molecular flexibility index (Phi) is 12.0. The molecule has 0 unspecified atom stereocenters. The molecule has 0 aromatic heterocycles. The zero-order valence-electron chi connectivity index (χ0n) is 5.59. The third-order valence-electron chi connectivity index (χ3n) is 0.249. The molecule has 9 heavy (non-hydrogen) atoms. The Morgan fingerprint density at radius 2 is 2.00 bits per heavy atom. The van der Waals surface area contributed by atoms with Crippen LogP contribution in [0.25, 0.3) is 0 Å². The number of hydrogen-bond donors (Lipinski definition) is 0. The van der Waals surface area contributed by atoms with E-state index in [2.05, 4.69) is 11.3 Å². The fraction of sp³-hybridized carbons (Fsp3) is 0.333. The minimum absolute atomic E-state index is 0.329. The van der Waals surface area contributed by atoms with Gasteiger partial charge in [-0.05, 0) is 6.92 Å². The van der Waals surface area contributed by atoms with Crippen LogP contribution in [0.4, 0.5) is 0 Å². The van der Waals surface area contributed by atoms with Crippen molar-refractivity contribution in [3.8, 4) is 0 Å². The van der Waals surface area contributed by atoms with Gasteiger partial charge in [-0.25, -0.2) is 0 Å². The Morgan fingerprint density at radius 3 is 2.00 bits per heavy atom. The van der Waals surface area contributed by atoms with Gasteiger partial charge in [0.1, 0.15) is 6.29 Å². The van der Waals surface area contributed by atoms with Crippen LogP contribution in [0.1, 0.15) is 13.8 Å². The average molecular weight is 130 g/mol. The van der Waals surface area contributed by atoms with Crippen molar-refractivity contribution in [1.29, 1.82) is 0 Å². The van der Waals surface area contributed by atoms with Crippen LogP contribution < -0.4 is 0 Å². The van der Waals surface area contributed by atoms with Gasteiger partial charge in [0.2, 0.25) is 0 Å². The lowest BCUT2D eigenvalue weighted by molar-refractivity contribution is -0.135. The van der Waals surface area contributed by atoms with Gasteiger partial charge in [0.25, 0.3) is 0 Å². The summed E-state index contributed by atoms with van der Waals surface area (Å²) in [7, 11) is 0. The van der Waals surface area contributed by atoms with Crippen LogP contribution >= 0.6 is 0 Å². The molecule has 0 saturated heterocycles. The summed E-state index contributed by atoms with van der Waals surface area (Å²) in [6.07, 6.45) is 1.85. The Balaban J connectivity index is 0. The third kappa shape index (κ3) is 46.4. The molecule has 0 fully saturated rings. The lowest BCUT2D eigenvalue weighted by Gasteiger charge is -1.83. The van der Waals surface area contributed by atoms with Gasteiger partial charge in [-0.3, -0.25) is 4.79 Å². The normalized spacial score (nSPS) is 6.00. The summed E-state index contributed by atoms with van der Waals surface area (Å²) in [6, 6.07) is 0. The fourth-order valence-electron chi connectivity index (χ4n) is 0.117. The lowest BCUT2D eigenvalue weighted by Crippen LogP contribution is -1.87. The summed E-state index contributed by atoms with van der Waals surface area (Å²) < 4.78 is 4.17. The molecule has 3 heteroatoms. The molecular formula is C6H10O3. The number of hydrogen-bond acceptors (Lipinski definition) is 3. The largest absolute Gasteiger partial charge is 0.435 e. The van der Waals surface area contributed by atoms with Crippen LogP contribution in [-0.2, 0) is 14.3 Å². The first kappa shape index (κ1) is 10.8. The Labute approximate surface area is 54.3 Å². The molecule has 0 spiro atoms. The van der Waals surface area contributed by atoms with Gasteiger partial charge in [-0.1, -0.05) is 6.58 Å². The molecular weight excluding hydrogens is 120 g/mol. The first-order valence-electron chi connectivity index (χ1n) is 2.37. The van der Waals surface area contributed by atoms with Gasteiger partial charge in [0, 0.05) is 6.92 Å². The number of aldehydes is 1. The van der Waals surface area contributed by atoms with Crippen LogP contribution in [-0.4, -0.2) is 12.3 Å². The average Bonchev–Trinajstić information content (AvgIpc) is 1.67. The van der Waals surface area contributed by atoms with Gasteiger partial charge in [0.15, 0.2) is 0 Å². The zero-order valence-corrected chi connectivity index (χ0v) is 5.59. The predicted molar refractivity (Wildman–Crippen MR) is 33.7 cm³/mol. The molecule has 0 bridgehead atoms. The molecule has 3 nitrogen and oxygen atoms in total. The van der Waals surface area contributed by atoms with Crippen molar-refractivity contribution in [1.82, 2.24) is 0 Å². The Hall–Kier alpha value is -1.12. The highest BCUT2D eigenvalue weighted by Crippen LogP contribution is 1.70. The van der Waals surface area contributed by atoms with E-state index >= 15 is 0 Å². The van der Waals surface area contributed by atoms with Crippen molar-refractivity contribution in [2.75, 3.05) is 0 Å². The molecule has 0 heterocycles. The summed E-state index contributed by atoms with van der Waals surface area (Å²) in [5.41, 5.74) is 0. The van der Waals surface area contributed by atoms with Crippen LogP contribution in [0, 0.1) is 0 Å². The van der Waals surface area contributed by atoms with Crippen LogP contribution in [0.5, 0.6) is 0 Å². The molecule has 0 rings (SSSR count). The highest BCUT2D eigenvalue weighted by Gasteiger charge is 1.79. The van der Waals surface area contributed by atoms with Crippen LogP contribution in [0.15, 0.2) is 12.8 Å². The SMILES string of the molecule is C=COC(C)=O.CC=O. The maximum absolute atomic E-state index is 9.75. The highest BCUT2D eigenvalue weighted by atomic mass is 16.5. The summed E-state index contributed by atoms with van der Waals surface area (Å²) in [5, 5.41) is 0. The van der Waals surface area contributed by atoms with E-state index in [-0.39, 0.29) is 5.97 Å². The van der Waals surface area contributed by atoms with Gasteiger partial charge in [-0.15, -0.1) is 0 Å². The molecule has 0 amide bonds. The summed E-state index contributed by atoms with van der Waals surface area (Å²) >= 11 is 0. The summed E-state index contributed by atoms with van der Waals surface area (Å²) in [5.74, 6) is -0.329. The number of rotatable bonds is 1. The van der Waals surface area contributed by atoms with Gasteiger partial charge < -0.3 is 9.53 Å². The quantitative estimate of drug-likeness (QED) is 0.301. The van der Waals surface area contributed by atoms with E-state index < -0.39 is 0 Å². The van der Waals surface area contributed by atoms with E-state index in [1.54, 1.807) is 0 Å². The second-order valence-corrected chi connectivity index (χ2v) is 1.01. The van der Waals surface area contributed by atoms with Crippen molar-refractivity contribution >= 4 is 12.3 Å². The molecule has 0 aliphatic rings. The number of ether oxygens (including phenoxy) is 1. The minimum Gasteiger partial charge on any atom is -0.435 e. The highest BCUT2D eigenvalue weighted by molar-refractivity contribution is 5.66. The molecule has 0 radical (unpaired) electrons. The predicted octanol–water partition coefficient (Wildman–Crippen LogP) is 0.898. The molecule has 52 valence electrons. The molecule has 0 aliphatic carbocycles. The third-order valence-corrected chi connectivity index (χ3v) is 0.249.